The molecule has 0 amide bonds. The smallest absolute Gasteiger partial charge is 0.208 e. The van der Waals surface area contributed by atoms with E-state index in [0.29, 0.717) is 13.2 Å². The van der Waals surface area contributed by atoms with Gasteiger partial charge < -0.3 is 14.8 Å². The Kier molecular flexibility index (Phi) is 5.22. The molecule has 0 saturated heterocycles. The molecular formula is C16H23N3O2. The number of methoxy groups -OCH3 is 1. The van der Waals surface area contributed by atoms with E-state index in [1.807, 2.05) is 48.9 Å². The van der Waals surface area contributed by atoms with Crippen molar-refractivity contribution in [1.82, 2.24) is 9.55 Å². The molecule has 0 aliphatic carbocycles. The number of aryl methyl sites for hydroxylation is 1. The first-order valence-corrected chi connectivity index (χ1v) is 7.18. The van der Waals surface area contributed by atoms with Crippen LogP contribution in [0.3, 0.4) is 0 Å². The molecule has 0 spiro atoms. The van der Waals surface area contributed by atoms with Gasteiger partial charge in [-0.25, -0.2) is 4.98 Å². The number of imidazole rings is 1. The van der Waals surface area contributed by atoms with Crippen molar-refractivity contribution in [3.05, 3.63) is 36.2 Å². The summed E-state index contributed by atoms with van der Waals surface area (Å²) in [4.78, 5) is 4.53. The minimum Gasteiger partial charge on any atom is -0.494 e. The Morgan fingerprint density at radius 2 is 2.00 bits per heavy atom. The van der Waals surface area contributed by atoms with Crippen LogP contribution in [0, 0.1) is 6.92 Å². The Balaban J connectivity index is 2.22. The second kappa shape index (κ2) is 7.13. The molecule has 0 aliphatic rings. The Labute approximate surface area is 125 Å². The summed E-state index contributed by atoms with van der Waals surface area (Å²) >= 11 is 0. The van der Waals surface area contributed by atoms with Crippen molar-refractivity contribution >= 4 is 5.95 Å². The molecule has 1 N–H and O–H groups in total. The van der Waals surface area contributed by atoms with E-state index in [-0.39, 0.29) is 6.04 Å². The second-order valence-electron chi connectivity index (χ2n) is 5.00. The molecule has 5 heteroatoms. The van der Waals surface area contributed by atoms with Crippen molar-refractivity contribution in [3.8, 4) is 11.4 Å². The molecule has 1 unspecified atom stereocenters. The maximum absolute atomic E-state index is 5.47. The van der Waals surface area contributed by atoms with Gasteiger partial charge >= 0.3 is 0 Å². The minimum absolute atomic E-state index is 0.193. The zero-order valence-electron chi connectivity index (χ0n) is 13.1. The zero-order valence-corrected chi connectivity index (χ0v) is 13.1. The average molecular weight is 289 g/mol. The predicted molar refractivity (Wildman–Crippen MR) is 84.4 cm³/mol. The van der Waals surface area contributed by atoms with Gasteiger partial charge in [-0.05, 0) is 45.0 Å². The van der Waals surface area contributed by atoms with Gasteiger partial charge in [0, 0.05) is 25.0 Å². The van der Waals surface area contributed by atoms with Gasteiger partial charge in [-0.1, -0.05) is 0 Å². The highest BCUT2D eigenvalue weighted by Gasteiger charge is 2.10. The third kappa shape index (κ3) is 3.98. The fourth-order valence-corrected chi connectivity index (χ4v) is 2.18. The molecule has 0 fully saturated rings. The van der Waals surface area contributed by atoms with Crippen LogP contribution in [0.4, 0.5) is 5.95 Å². The van der Waals surface area contributed by atoms with Crippen LogP contribution in [0.5, 0.6) is 5.75 Å². The summed E-state index contributed by atoms with van der Waals surface area (Å²) < 4.78 is 12.7. The van der Waals surface area contributed by atoms with Gasteiger partial charge in [0.25, 0.3) is 0 Å². The largest absolute Gasteiger partial charge is 0.494 e. The Morgan fingerprint density at radius 1 is 1.29 bits per heavy atom. The first-order valence-electron chi connectivity index (χ1n) is 7.18. The van der Waals surface area contributed by atoms with Gasteiger partial charge in [0.15, 0.2) is 0 Å². The number of benzene rings is 1. The fraction of sp³-hybridized carbons (Fsp3) is 0.438. The van der Waals surface area contributed by atoms with Gasteiger partial charge in [-0.15, -0.1) is 0 Å². The number of hydrogen-bond donors (Lipinski definition) is 1. The highest BCUT2D eigenvalue weighted by atomic mass is 16.5. The van der Waals surface area contributed by atoms with Gasteiger partial charge in [-0.3, -0.25) is 4.57 Å². The molecule has 2 rings (SSSR count). The normalized spacial score (nSPS) is 12.2. The van der Waals surface area contributed by atoms with Gasteiger partial charge in [0.05, 0.1) is 18.9 Å². The average Bonchev–Trinajstić information content (AvgIpc) is 2.81. The SMILES string of the molecule is CCOc1ccc(-n2cc(C)nc2NC(C)COC)cc1. The molecule has 0 radical (unpaired) electrons. The fourth-order valence-electron chi connectivity index (χ4n) is 2.18. The predicted octanol–water partition coefficient (Wildman–Crippen LogP) is 3.03. The number of aromatic nitrogens is 2. The van der Waals surface area contributed by atoms with Crippen molar-refractivity contribution in [3.63, 3.8) is 0 Å². The van der Waals surface area contributed by atoms with Gasteiger partial charge in [0.2, 0.25) is 5.95 Å². The molecule has 1 heterocycles. The van der Waals surface area contributed by atoms with Gasteiger partial charge in [-0.2, -0.15) is 0 Å². The van der Waals surface area contributed by atoms with Crippen LogP contribution in [0.2, 0.25) is 0 Å². The summed E-state index contributed by atoms with van der Waals surface area (Å²) in [6, 6.07) is 8.18. The van der Waals surface area contributed by atoms with E-state index in [2.05, 4.69) is 17.2 Å². The second-order valence-corrected chi connectivity index (χ2v) is 5.00. The first-order chi connectivity index (χ1) is 10.1. The van der Waals surface area contributed by atoms with Crippen molar-refractivity contribution in [2.24, 2.45) is 0 Å². The van der Waals surface area contributed by atoms with Crippen molar-refractivity contribution in [2.45, 2.75) is 26.8 Å². The molecule has 2 aromatic rings. The molecule has 21 heavy (non-hydrogen) atoms. The Morgan fingerprint density at radius 3 is 2.62 bits per heavy atom. The molecule has 114 valence electrons. The summed E-state index contributed by atoms with van der Waals surface area (Å²) in [6.07, 6.45) is 2.01. The van der Waals surface area contributed by atoms with Crippen molar-refractivity contribution in [2.75, 3.05) is 25.6 Å². The lowest BCUT2D eigenvalue weighted by molar-refractivity contribution is 0.190. The molecule has 5 nitrogen and oxygen atoms in total. The van der Waals surface area contributed by atoms with E-state index in [0.717, 1.165) is 23.1 Å². The summed E-state index contributed by atoms with van der Waals surface area (Å²) in [5.41, 5.74) is 2.02. The van der Waals surface area contributed by atoms with Crippen LogP contribution in [-0.4, -0.2) is 35.9 Å². The number of anilines is 1. The van der Waals surface area contributed by atoms with E-state index in [1.54, 1.807) is 7.11 Å². The van der Waals surface area contributed by atoms with E-state index >= 15 is 0 Å². The Hall–Kier alpha value is -2.01. The molecular weight excluding hydrogens is 266 g/mol. The topological polar surface area (TPSA) is 48.3 Å². The zero-order chi connectivity index (χ0) is 15.2. The summed E-state index contributed by atoms with van der Waals surface area (Å²) in [5, 5.41) is 3.37. The number of nitrogens with zero attached hydrogens (tertiary/aromatic N) is 2. The molecule has 0 aliphatic heterocycles. The molecule has 1 aromatic carbocycles. The van der Waals surface area contributed by atoms with Crippen LogP contribution >= 0.6 is 0 Å². The summed E-state index contributed by atoms with van der Waals surface area (Å²) in [6.45, 7) is 7.33. The van der Waals surface area contributed by atoms with Crippen LogP contribution in [0.1, 0.15) is 19.5 Å². The van der Waals surface area contributed by atoms with Crippen LogP contribution in [0.25, 0.3) is 5.69 Å². The highest BCUT2D eigenvalue weighted by molar-refractivity contribution is 5.45. The van der Waals surface area contributed by atoms with Crippen molar-refractivity contribution < 1.29 is 9.47 Å². The minimum atomic E-state index is 0.193. The van der Waals surface area contributed by atoms with E-state index in [9.17, 15) is 0 Å². The standard InChI is InChI=1S/C16H23N3O2/c1-5-21-15-8-6-14(7-9-15)19-10-12(2)17-16(19)18-13(3)11-20-4/h6-10,13H,5,11H2,1-4H3,(H,17,18). The van der Waals surface area contributed by atoms with Gasteiger partial charge in [0.1, 0.15) is 5.75 Å². The lowest BCUT2D eigenvalue weighted by Gasteiger charge is -2.15. The summed E-state index contributed by atoms with van der Waals surface area (Å²) in [5.74, 6) is 1.70. The lowest BCUT2D eigenvalue weighted by Crippen LogP contribution is -2.22. The number of hydrogen-bond acceptors (Lipinski definition) is 4. The maximum atomic E-state index is 5.47. The first kappa shape index (κ1) is 15.4. The maximum Gasteiger partial charge on any atom is 0.208 e. The van der Waals surface area contributed by atoms with Crippen LogP contribution in [0.15, 0.2) is 30.5 Å². The third-order valence-electron chi connectivity index (χ3n) is 3.04. The van der Waals surface area contributed by atoms with E-state index in [4.69, 9.17) is 9.47 Å². The van der Waals surface area contributed by atoms with Crippen molar-refractivity contribution in [1.29, 1.82) is 0 Å². The number of rotatable bonds is 7. The monoisotopic (exact) mass is 289 g/mol. The van der Waals surface area contributed by atoms with Crippen LogP contribution < -0.4 is 10.1 Å². The quantitative estimate of drug-likeness (QED) is 0.851. The molecule has 0 bridgehead atoms. The number of ether oxygens (including phenoxy) is 2. The Bertz CT molecular complexity index is 563. The molecule has 0 saturated carbocycles. The van der Waals surface area contributed by atoms with E-state index in [1.165, 1.54) is 0 Å². The lowest BCUT2D eigenvalue weighted by atomic mass is 10.3. The third-order valence-corrected chi connectivity index (χ3v) is 3.04. The highest BCUT2D eigenvalue weighted by Crippen LogP contribution is 2.20. The molecule has 1 aromatic heterocycles. The summed E-state index contributed by atoms with van der Waals surface area (Å²) in [7, 11) is 1.70. The van der Waals surface area contributed by atoms with Crippen LogP contribution in [-0.2, 0) is 4.74 Å². The van der Waals surface area contributed by atoms with E-state index < -0.39 is 0 Å². The number of nitrogens with one attached hydrogen (secondary N) is 1. The molecule has 1 atom stereocenters.